The minimum absolute atomic E-state index is 0.0582. The van der Waals surface area contributed by atoms with Gasteiger partial charge in [-0.2, -0.15) is 13.5 Å². The number of rotatable bonds is 4. The molecule has 0 aliphatic carbocycles. The van der Waals surface area contributed by atoms with Gasteiger partial charge in [0.25, 0.3) is 5.91 Å². The number of benzene rings is 1. The normalized spacial score (nSPS) is 19.2. The predicted molar refractivity (Wildman–Crippen MR) is 114 cm³/mol. The number of aromatic nitrogens is 1. The summed E-state index contributed by atoms with van der Waals surface area (Å²) in [7, 11) is -4.86. The average Bonchev–Trinajstić information content (AvgIpc) is 3.03. The smallest absolute Gasteiger partial charge is 0.309 e. The van der Waals surface area contributed by atoms with E-state index < -0.39 is 40.5 Å². The molecule has 176 valence electrons. The lowest BCUT2D eigenvalue weighted by Gasteiger charge is -2.29. The fraction of sp³-hybridized carbons (Fsp3) is 0.263. The first-order valence-corrected chi connectivity index (χ1v) is 11.1. The number of hydrazine groups is 1. The van der Waals surface area contributed by atoms with Crippen LogP contribution in [0.25, 0.3) is 0 Å². The summed E-state index contributed by atoms with van der Waals surface area (Å²) in [6.45, 7) is 0.0582. The Hall–Kier alpha value is -3.75. The van der Waals surface area contributed by atoms with Gasteiger partial charge in [-0.15, -0.1) is 4.28 Å². The Morgan fingerprint density at radius 2 is 1.70 bits per heavy atom. The van der Waals surface area contributed by atoms with E-state index in [-0.39, 0.29) is 19.4 Å². The second-order valence-corrected chi connectivity index (χ2v) is 7.97. The predicted octanol–water partition coefficient (Wildman–Crippen LogP) is 0.924. The maximum absolute atomic E-state index is 12.3. The summed E-state index contributed by atoms with van der Waals surface area (Å²) in [6.07, 6.45) is 4.02. The Balaban J connectivity index is 0.000000442. The molecular weight excluding hydrogens is 456 g/mol. The van der Waals surface area contributed by atoms with Gasteiger partial charge in [0.1, 0.15) is 6.04 Å². The average molecular weight is 478 g/mol. The SMILES string of the molecule is O=C(NNC(=O)[C@@H]1CC[C@@H]2CN1C(=O)N2OS(=O)(=O)O)Nc1ccccc1.c1ccncc1. The molecule has 2 aliphatic rings. The van der Waals surface area contributed by atoms with Crippen LogP contribution in [0.4, 0.5) is 15.3 Å². The Bertz CT molecular complexity index is 1040. The first-order valence-electron chi connectivity index (χ1n) is 9.78. The van der Waals surface area contributed by atoms with Crippen molar-refractivity contribution in [2.75, 3.05) is 11.9 Å². The summed E-state index contributed by atoms with van der Waals surface area (Å²) in [4.78, 5) is 41.2. The zero-order valence-electron chi connectivity index (χ0n) is 17.2. The molecule has 4 N–H and O–H groups in total. The molecule has 2 aromatic rings. The number of carbonyl (C=O) groups is 3. The number of hydrogen-bond donors (Lipinski definition) is 4. The van der Waals surface area contributed by atoms with Crippen LogP contribution in [-0.4, -0.2) is 64.5 Å². The lowest BCUT2D eigenvalue weighted by molar-refractivity contribution is -0.126. The largest absolute Gasteiger partial charge is 0.418 e. The number of carbonyl (C=O) groups excluding carboxylic acids is 3. The van der Waals surface area contributed by atoms with E-state index in [9.17, 15) is 22.8 Å². The topological polar surface area (TPSA) is 170 Å². The number of hydroxylamine groups is 2. The minimum atomic E-state index is -4.86. The van der Waals surface area contributed by atoms with E-state index >= 15 is 0 Å². The van der Waals surface area contributed by atoms with Crippen LogP contribution < -0.4 is 16.2 Å². The first-order chi connectivity index (χ1) is 15.7. The number of nitrogens with zero attached hydrogens (tertiary/aromatic N) is 3. The highest BCUT2D eigenvalue weighted by atomic mass is 32.3. The van der Waals surface area contributed by atoms with Crippen LogP contribution in [-0.2, 0) is 19.5 Å². The fourth-order valence-corrected chi connectivity index (χ4v) is 3.69. The van der Waals surface area contributed by atoms with Crippen LogP contribution in [0.15, 0.2) is 60.9 Å². The molecule has 0 radical (unpaired) electrons. The molecule has 14 heteroatoms. The van der Waals surface area contributed by atoms with Gasteiger partial charge in [0.15, 0.2) is 0 Å². The molecule has 33 heavy (non-hydrogen) atoms. The van der Waals surface area contributed by atoms with Crippen molar-refractivity contribution < 1.29 is 31.6 Å². The third-order valence-electron chi connectivity index (χ3n) is 4.70. The number of piperidine rings is 1. The maximum atomic E-state index is 12.3. The van der Waals surface area contributed by atoms with Crippen molar-refractivity contribution in [3.63, 3.8) is 0 Å². The summed E-state index contributed by atoms with van der Waals surface area (Å²) in [5.74, 6) is -0.640. The van der Waals surface area contributed by atoms with Crippen molar-refractivity contribution >= 4 is 34.1 Å². The van der Waals surface area contributed by atoms with Crippen molar-refractivity contribution in [1.29, 1.82) is 0 Å². The van der Waals surface area contributed by atoms with Crippen LogP contribution in [0, 0.1) is 0 Å². The lowest BCUT2D eigenvalue weighted by Crippen LogP contribution is -2.54. The summed E-state index contributed by atoms with van der Waals surface area (Å²) >= 11 is 0. The van der Waals surface area contributed by atoms with Crippen molar-refractivity contribution in [2.24, 2.45) is 0 Å². The quantitative estimate of drug-likeness (QED) is 0.371. The van der Waals surface area contributed by atoms with Gasteiger partial charge in [-0.05, 0) is 37.1 Å². The molecular formula is C19H22N6O7S. The van der Waals surface area contributed by atoms with E-state index in [2.05, 4.69) is 25.4 Å². The molecule has 13 nitrogen and oxygen atoms in total. The molecule has 2 bridgehead atoms. The summed E-state index contributed by atoms with van der Waals surface area (Å²) in [6, 6.07) is 11.2. The molecule has 5 amide bonds. The van der Waals surface area contributed by atoms with Gasteiger partial charge in [0.2, 0.25) is 0 Å². The Labute approximate surface area is 189 Å². The molecule has 2 fully saturated rings. The van der Waals surface area contributed by atoms with Crippen molar-refractivity contribution in [1.82, 2.24) is 25.8 Å². The number of amides is 5. The number of pyridine rings is 1. The highest BCUT2D eigenvalue weighted by molar-refractivity contribution is 7.80. The summed E-state index contributed by atoms with van der Waals surface area (Å²) < 4.78 is 34.7. The third kappa shape index (κ3) is 6.86. The second kappa shape index (κ2) is 10.7. The highest BCUT2D eigenvalue weighted by Crippen LogP contribution is 2.30. The number of hydrogen-bond acceptors (Lipinski definition) is 7. The van der Waals surface area contributed by atoms with E-state index in [1.807, 2.05) is 18.2 Å². The van der Waals surface area contributed by atoms with E-state index in [0.29, 0.717) is 10.8 Å². The number of para-hydroxylation sites is 1. The molecule has 1 aromatic heterocycles. The van der Waals surface area contributed by atoms with Crippen molar-refractivity contribution in [2.45, 2.75) is 24.9 Å². The highest BCUT2D eigenvalue weighted by Gasteiger charge is 2.49. The minimum Gasteiger partial charge on any atom is -0.309 e. The van der Waals surface area contributed by atoms with Crippen LogP contribution in [0.1, 0.15) is 12.8 Å². The molecule has 3 heterocycles. The van der Waals surface area contributed by atoms with Gasteiger partial charge in [0.05, 0.1) is 6.04 Å². The maximum Gasteiger partial charge on any atom is 0.418 e. The van der Waals surface area contributed by atoms with Crippen LogP contribution in [0.5, 0.6) is 0 Å². The van der Waals surface area contributed by atoms with Gasteiger partial charge >= 0.3 is 22.5 Å². The molecule has 2 atom stereocenters. The van der Waals surface area contributed by atoms with Crippen LogP contribution in [0.3, 0.4) is 0 Å². The van der Waals surface area contributed by atoms with Crippen molar-refractivity contribution in [3.05, 3.63) is 60.9 Å². The Morgan fingerprint density at radius 1 is 1.03 bits per heavy atom. The van der Waals surface area contributed by atoms with Gasteiger partial charge in [-0.3, -0.25) is 19.8 Å². The number of fused-ring (bicyclic) bond motifs is 2. The van der Waals surface area contributed by atoms with Crippen LogP contribution in [0.2, 0.25) is 0 Å². The number of anilines is 1. The zero-order chi connectivity index (χ0) is 23.8. The van der Waals surface area contributed by atoms with Crippen molar-refractivity contribution in [3.8, 4) is 0 Å². The molecule has 0 spiro atoms. The first kappa shape index (κ1) is 23.9. The number of nitrogens with one attached hydrogen (secondary N) is 3. The second-order valence-electron chi connectivity index (χ2n) is 6.97. The number of urea groups is 2. The molecule has 2 saturated heterocycles. The Morgan fingerprint density at radius 3 is 2.27 bits per heavy atom. The zero-order valence-corrected chi connectivity index (χ0v) is 18.0. The molecule has 4 rings (SSSR count). The van der Waals surface area contributed by atoms with Gasteiger partial charge in [-0.25, -0.2) is 15.0 Å². The van der Waals surface area contributed by atoms with Gasteiger partial charge in [-0.1, -0.05) is 24.3 Å². The molecule has 2 aliphatic heterocycles. The summed E-state index contributed by atoms with van der Waals surface area (Å²) in [5, 5.41) is 3.05. The Kier molecular flexibility index (Phi) is 7.76. The van der Waals surface area contributed by atoms with E-state index in [4.69, 9.17) is 4.55 Å². The van der Waals surface area contributed by atoms with Gasteiger partial charge < -0.3 is 10.2 Å². The van der Waals surface area contributed by atoms with E-state index in [1.165, 1.54) is 0 Å². The fourth-order valence-electron chi connectivity index (χ4n) is 3.30. The molecule has 0 saturated carbocycles. The summed E-state index contributed by atoms with van der Waals surface area (Å²) in [5.41, 5.74) is 4.92. The van der Waals surface area contributed by atoms with Crippen LogP contribution >= 0.6 is 0 Å². The molecule has 1 aromatic carbocycles. The van der Waals surface area contributed by atoms with E-state index in [0.717, 1.165) is 4.90 Å². The third-order valence-corrected chi connectivity index (χ3v) is 5.05. The molecule has 0 unspecified atom stereocenters. The van der Waals surface area contributed by atoms with E-state index in [1.54, 1.807) is 42.7 Å². The van der Waals surface area contributed by atoms with Gasteiger partial charge in [0, 0.05) is 24.6 Å². The lowest BCUT2D eigenvalue weighted by atomic mass is 10.0. The standard InChI is InChI=1S/C14H17N5O7S.C5H5N/c20-12(16-17-13(21)15-9-4-2-1-3-5-9)11-7-6-10-8-18(11)14(22)19(10)26-27(23,24)25;1-2-4-6-5-3-1/h1-5,10-11H,6-8H2,(H,16,20)(H2,15,17,21)(H,23,24,25);1-5H/t10-,11+;/m1./s1. The monoisotopic (exact) mass is 478 g/mol.